The van der Waals surface area contributed by atoms with E-state index in [1.54, 1.807) is 0 Å². The second-order valence-electron chi connectivity index (χ2n) is 4.70. The van der Waals surface area contributed by atoms with E-state index in [9.17, 15) is 18.8 Å². The monoisotopic (exact) mass is 307 g/mol. The van der Waals surface area contributed by atoms with Crippen LogP contribution in [0, 0.1) is 5.82 Å². The van der Waals surface area contributed by atoms with Crippen molar-refractivity contribution in [1.82, 2.24) is 10.3 Å². The van der Waals surface area contributed by atoms with Crippen LogP contribution >= 0.6 is 0 Å². The zero-order valence-corrected chi connectivity index (χ0v) is 11.6. The Kier molecular flexibility index (Phi) is 4.82. The molecule has 116 valence electrons. The number of amides is 2. The van der Waals surface area contributed by atoms with Crippen molar-refractivity contribution in [3.63, 3.8) is 0 Å². The van der Waals surface area contributed by atoms with E-state index in [1.807, 2.05) is 0 Å². The molecule has 0 unspecified atom stereocenters. The molecule has 1 aromatic carbocycles. The van der Waals surface area contributed by atoms with Gasteiger partial charge in [-0.2, -0.15) is 5.10 Å². The lowest BCUT2D eigenvalue weighted by Crippen LogP contribution is -2.40. The van der Waals surface area contributed by atoms with Gasteiger partial charge in [-0.3, -0.25) is 14.4 Å². The summed E-state index contributed by atoms with van der Waals surface area (Å²) in [4.78, 5) is 34.0. The van der Waals surface area contributed by atoms with Crippen LogP contribution in [0.5, 0.6) is 0 Å². The summed E-state index contributed by atoms with van der Waals surface area (Å²) in [6.45, 7) is -0.390. The fraction of sp³-hybridized carbons (Fsp3) is 0.286. The van der Waals surface area contributed by atoms with Gasteiger partial charge in [-0.1, -0.05) is 12.1 Å². The Morgan fingerprint density at radius 3 is 2.59 bits per heavy atom. The molecule has 2 rings (SSSR count). The predicted molar refractivity (Wildman–Crippen MR) is 74.3 cm³/mol. The van der Waals surface area contributed by atoms with E-state index in [-0.39, 0.29) is 36.8 Å². The first-order chi connectivity index (χ1) is 10.5. The summed E-state index contributed by atoms with van der Waals surface area (Å²) in [7, 11) is 0. The van der Waals surface area contributed by atoms with Gasteiger partial charge >= 0.3 is 5.97 Å². The summed E-state index contributed by atoms with van der Waals surface area (Å²) >= 11 is 0. The van der Waals surface area contributed by atoms with Gasteiger partial charge in [0.2, 0.25) is 5.91 Å². The first-order valence-corrected chi connectivity index (χ1v) is 6.58. The third kappa shape index (κ3) is 4.11. The highest BCUT2D eigenvalue weighted by molar-refractivity contribution is 6.39. The molecule has 8 heteroatoms. The van der Waals surface area contributed by atoms with Gasteiger partial charge in [-0.15, -0.1) is 0 Å². The summed E-state index contributed by atoms with van der Waals surface area (Å²) in [5.41, 5.74) is 0.772. The number of nitrogens with zero attached hydrogens (tertiary/aromatic N) is 2. The van der Waals surface area contributed by atoms with E-state index < -0.39 is 18.4 Å². The summed E-state index contributed by atoms with van der Waals surface area (Å²) in [6, 6.07) is 5.59. The number of aliphatic carboxylic acids is 1. The minimum absolute atomic E-state index is 0.1000. The minimum Gasteiger partial charge on any atom is -0.480 e. The smallest absolute Gasteiger partial charge is 0.322 e. The maximum atomic E-state index is 12.9. The van der Waals surface area contributed by atoms with Crippen LogP contribution in [0.2, 0.25) is 0 Å². The zero-order valence-electron chi connectivity index (χ0n) is 11.6. The molecule has 0 aromatic heterocycles. The number of carbonyl (C=O) groups excluding carboxylic acids is 2. The van der Waals surface area contributed by atoms with Gasteiger partial charge < -0.3 is 10.4 Å². The molecule has 1 heterocycles. The molecule has 22 heavy (non-hydrogen) atoms. The van der Waals surface area contributed by atoms with E-state index in [0.717, 1.165) is 5.01 Å². The lowest BCUT2D eigenvalue weighted by atomic mass is 10.1. The van der Waals surface area contributed by atoms with Crippen molar-refractivity contribution in [3.8, 4) is 0 Å². The first kappa shape index (κ1) is 15.6. The van der Waals surface area contributed by atoms with Crippen molar-refractivity contribution in [2.24, 2.45) is 5.10 Å². The number of halogens is 1. The number of carboxylic acid groups (broad SMARTS) is 1. The number of hydrogen-bond donors (Lipinski definition) is 2. The van der Waals surface area contributed by atoms with Gasteiger partial charge in [0.05, 0.1) is 6.54 Å². The summed E-state index contributed by atoms with van der Waals surface area (Å²) in [6.07, 6.45) is 0.269. The Bertz CT molecular complexity index is 627. The van der Waals surface area contributed by atoms with E-state index in [2.05, 4.69) is 10.4 Å². The van der Waals surface area contributed by atoms with Crippen LogP contribution in [-0.2, 0) is 20.9 Å². The Morgan fingerprint density at radius 2 is 1.95 bits per heavy atom. The van der Waals surface area contributed by atoms with E-state index in [4.69, 9.17) is 5.11 Å². The standard InChI is InChI=1S/C14H14FN3O4/c15-10-3-1-9(2-4-10)8-18-12(19)6-5-11(17-18)14(22)16-7-13(20)21/h1-4H,5-8H2,(H,16,22)(H,20,21). The largest absolute Gasteiger partial charge is 0.480 e. The average molecular weight is 307 g/mol. The van der Waals surface area contributed by atoms with E-state index in [0.29, 0.717) is 5.56 Å². The molecule has 2 amide bonds. The molecule has 0 bridgehead atoms. The molecule has 0 aliphatic carbocycles. The number of carboxylic acids is 1. The molecule has 0 radical (unpaired) electrons. The molecule has 0 saturated heterocycles. The Balaban J connectivity index is 2.07. The molecule has 0 saturated carbocycles. The molecule has 2 N–H and O–H groups in total. The van der Waals surface area contributed by atoms with Crippen LogP contribution in [0.3, 0.4) is 0 Å². The topological polar surface area (TPSA) is 99.1 Å². The van der Waals surface area contributed by atoms with Gasteiger partial charge in [0.15, 0.2) is 0 Å². The Morgan fingerprint density at radius 1 is 1.27 bits per heavy atom. The normalized spacial score (nSPS) is 14.5. The van der Waals surface area contributed by atoms with Gasteiger partial charge in [-0.05, 0) is 17.7 Å². The lowest BCUT2D eigenvalue weighted by molar-refractivity contribution is -0.137. The molecular formula is C14H14FN3O4. The molecular weight excluding hydrogens is 293 g/mol. The molecule has 0 atom stereocenters. The molecule has 0 spiro atoms. The Hall–Kier alpha value is -2.77. The third-order valence-electron chi connectivity index (χ3n) is 3.01. The van der Waals surface area contributed by atoms with Gasteiger partial charge in [0, 0.05) is 12.8 Å². The maximum absolute atomic E-state index is 12.9. The van der Waals surface area contributed by atoms with E-state index in [1.165, 1.54) is 24.3 Å². The molecule has 1 aliphatic heterocycles. The lowest BCUT2D eigenvalue weighted by Gasteiger charge is -2.23. The quantitative estimate of drug-likeness (QED) is 0.827. The van der Waals surface area contributed by atoms with Crippen molar-refractivity contribution < 1.29 is 23.9 Å². The number of benzene rings is 1. The van der Waals surface area contributed by atoms with Crippen molar-refractivity contribution in [2.75, 3.05) is 6.54 Å². The van der Waals surface area contributed by atoms with Crippen molar-refractivity contribution in [1.29, 1.82) is 0 Å². The first-order valence-electron chi connectivity index (χ1n) is 6.58. The van der Waals surface area contributed by atoms with Crippen molar-refractivity contribution in [2.45, 2.75) is 19.4 Å². The second-order valence-corrected chi connectivity index (χ2v) is 4.70. The SMILES string of the molecule is O=C(O)CNC(=O)C1=NN(Cc2ccc(F)cc2)C(=O)CC1. The van der Waals surface area contributed by atoms with Gasteiger partial charge in [-0.25, -0.2) is 9.40 Å². The number of carbonyl (C=O) groups is 3. The average Bonchev–Trinajstić information content (AvgIpc) is 2.49. The fourth-order valence-corrected chi connectivity index (χ4v) is 1.91. The number of hydrazone groups is 1. The highest BCUT2D eigenvalue weighted by atomic mass is 19.1. The molecule has 1 aliphatic rings. The van der Waals surface area contributed by atoms with E-state index >= 15 is 0 Å². The number of hydrogen-bond acceptors (Lipinski definition) is 4. The summed E-state index contributed by atoms with van der Waals surface area (Å²) in [5, 5.41) is 15.8. The summed E-state index contributed by atoms with van der Waals surface area (Å²) < 4.78 is 12.9. The molecule has 1 aromatic rings. The third-order valence-corrected chi connectivity index (χ3v) is 3.01. The van der Waals surface area contributed by atoms with Crippen molar-refractivity contribution in [3.05, 3.63) is 35.6 Å². The highest BCUT2D eigenvalue weighted by Gasteiger charge is 2.24. The summed E-state index contributed by atoms with van der Waals surface area (Å²) in [5.74, 6) is -2.41. The second kappa shape index (κ2) is 6.79. The maximum Gasteiger partial charge on any atom is 0.322 e. The van der Waals surface area contributed by atoms with Crippen LogP contribution in [0.1, 0.15) is 18.4 Å². The Labute approximate surface area is 125 Å². The fourth-order valence-electron chi connectivity index (χ4n) is 1.91. The van der Waals surface area contributed by atoms with Crippen LogP contribution < -0.4 is 5.32 Å². The van der Waals surface area contributed by atoms with Gasteiger partial charge in [0.25, 0.3) is 5.91 Å². The van der Waals surface area contributed by atoms with Crippen LogP contribution in [0.25, 0.3) is 0 Å². The predicted octanol–water partition coefficient (Wildman–Crippen LogP) is 0.505. The van der Waals surface area contributed by atoms with Crippen molar-refractivity contribution >= 4 is 23.5 Å². The zero-order chi connectivity index (χ0) is 16.1. The number of nitrogens with one attached hydrogen (secondary N) is 1. The highest BCUT2D eigenvalue weighted by Crippen LogP contribution is 2.14. The van der Waals surface area contributed by atoms with Crippen LogP contribution in [0.4, 0.5) is 4.39 Å². The molecule has 7 nitrogen and oxygen atoms in total. The minimum atomic E-state index is -1.16. The number of rotatable bonds is 5. The molecule has 0 fully saturated rings. The van der Waals surface area contributed by atoms with Gasteiger partial charge in [0.1, 0.15) is 18.1 Å². The van der Waals surface area contributed by atoms with Crippen LogP contribution in [0.15, 0.2) is 29.4 Å². The van der Waals surface area contributed by atoms with Crippen LogP contribution in [-0.4, -0.2) is 40.2 Å².